The summed E-state index contributed by atoms with van der Waals surface area (Å²) in [5, 5.41) is 9.97. The smallest absolute Gasteiger partial charge is 0.293 e. The fraction of sp³-hybridized carbons (Fsp3) is 0.692. The molecule has 0 aromatic carbocycles. The lowest BCUT2D eigenvalue weighted by Crippen LogP contribution is -2.39. The van der Waals surface area contributed by atoms with Gasteiger partial charge in [-0.15, -0.1) is 0 Å². The van der Waals surface area contributed by atoms with Crippen molar-refractivity contribution in [3.8, 4) is 0 Å². The van der Waals surface area contributed by atoms with Crippen molar-refractivity contribution < 1.29 is 5.11 Å². The van der Waals surface area contributed by atoms with Gasteiger partial charge in [0.1, 0.15) is 0 Å². The molecule has 1 unspecified atom stereocenters. The molecule has 1 N–H and O–H groups in total. The molecule has 0 amide bonds. The lowest BCUT2D eigenvalue weighted by atomic mass is 10.1. The number of anilines is 1. The van der Waals surface area contributed by atoms with Crippen molar-refractivity contribution in [2.45, 2.75) is 45.3 Å². The van der Waals surface area contributed by atoms with Crippen LogP contribution in [0.4, 0.5) is 5.82 Å². The van der Waals surface area contributed by atoms with Gasteiger partial charge in [0.15, 0.2) is 5.82 Å². The third-order valence-corrected chi connectivity index (χ3v) is 3.30. The molecule has 1 aliphatic heterocycles. The van der Waals surface area contributed by atoms with E-state index in [1.165, 1.54) is 0 Å². The minimum Gasteiger partial charge on any atom is -0.388 e. The molecule has 2 rings (SSSR count). The Morgan fingerprint density at radius 3 is 2.61 bits per heavy atom. The molecule has 0 radical (unpaired) electrons. The summed E-state index contributed by atoms with van der Waals surface area (Å²) >= 11 is 0. The van der Waals surface area contributed by atoms with Crippen LogP contribution in [0.3, 0.4) is 0 Å². The standard InChI is InChI=1S/C13H21N3O2/c1-12(2,3)16-8-6-14-10(11(16)17)15-7-5-13(4,18)9-15/h6,8,18H,5,7,9H2,1-4H3. The van der Waals surface area contributed by atoms with Crippen LogP contribution in [0.25, 0.3) is 0 Å². The summed E-state index contributed by atoms with van der Waals surface area (Å²) in [4.78, 5) is 18.4. The maximum Gasteiger partial charge on any atom is 0.293 e. The topological polar surface area (TPSA) is 58.4 Å². The molecule has 0 saturated carbocycles. The highest BCUT2D eigenvalue weighted by Gasteiger charge is 2.33. The average molecular weight is 251 g/mol. The number of hydrogen-bond donors (Lipinski definition) is 1. The third kappa shape index (κ3) is 2.41. The van der Waals surface area contributed by atoms with Crippen molar-refractivity contribution >= 4 is 5.82 Å². The van der Waals surface area contributed by atoms with Crippen LogP contribution in [-0.2, 0) is 5.54 Å². The summed E-state index contributed by atoms with van der Waals surface area (Å²) in [7, 11) is 0. The van der Waals surface area contributed by atoms with Crippen LogP contribution in [0.15, 0.2) is 17.2 Å². The molecule has 1 aliphatic rings. The fourth-order valence-electron chi connectivity index (χ4n) is 2.27. The number of aliphatic hydroxyl groups is 1. The predicted octanol–water partition coefficient (Wildman–Crippen LogP) is 0.959. The highest BCUT2D eigenvalue weighted by atomic mass is 16.3. The lowest BCUT2D eigenvalue weighted by Gasteiger charge is -2.25. The molecule has 0 spiro atoms. The van der Waals surface area contributed by atoms with E-state index in [0.717, 1.165) is 0 Å². The summed E-state index contributed by atoms with van der Waals surface area (Å²) in [6, 6.07) is 0. The van der Waals surface area contributed by atoms with E-state index in [9.17, 15) is 9.90 Å². The minimum atomic E-state index is -0.726. The number of aromatic nitrogens is 2. The van der Waals surface area contributed by atoms with Gasteiger partial charge in [-0.05, 0) is 34.1 Å². The molecule has 1 atom stereocenters. The highest BCUT2D eigenvalue weighted by molar-refractivity contribution is 5.38. The maximum atomic E-state index is 12.4. The molecule has 5 heteroatoms. The van der Waals surface area contributed by atoms with Gasteiger partial charge >= 0.3 is 0 Å². The van der Waals surface area contributed by atoms with Crippen LogP contribution >= 0.6 is 0 Å². The van der Waals surface area contributed by atoms with E-state index in [0.29, 0.717) is 25.3 Å². The van der Waals surface area contributed by atoms with Crippen LogP contribution in [0.2, 0.25) is 0 Å². The molecule has 18 heavy (non-hydrogen) atoms. The molecule has 1 aromatic rings. The summed E-state index contributed by atoms with van der Waals surface area (Å²) < 4.78 is 1.68. The third-order valence-electron chi connectivity index (χ3n) is 3.30. The first-order chi connectivity index (χ1) is 8.21. The van der Waals surface area contributed by atoms with Gasteiger partial charge in [-0.1, -0.05) is 0 Å². The van der Waals surface area contributed by atoms with Crippen molar-refractivity contribution in [1.82, 2.24) is 9.55 Å². The Hall–Kier alpha value is -1.36. The normalized spacial score (nSPS) is 24.6. The molecule has 0 aliphatic carbocycles. The first kappa shape index (κ1) is 13.1. The van der Waals surface area contributed by atoms with Gasteiger partial charge in [0.25, 0.3) is 5.56 Å². The van der Waals surface area contributed by atoms with Gasteiger partial charge in [0.2, 0.25) is 0 Å². The van der Waals surface area contributed by atoms with Crippen LogP contribution in [0.5, 0.6) is 0 Å². The zero-order valence-corrected chi connectivity index (χ0v) is 11.5. The van der Waals surface area contributed by atoms with E-state index in [1.54, 1.807) is 23.9 Å². The summed E-state index contributed by atoms with van der Waals surface area (Å²) in [6.07, 6.45) is 4.02. The van der Waals surface area contributed by atoms with Gasteiger partial charge in [-0.3, -0.25) is 4.79 Å². The van der Waals surface area contributed by atoms with Crippen molar-refractivity contribution in [1.29, 1.82) is 0 Å². The quantitative estimate of drug-likeness (QED) is 0.807. The molecule has 1 aromatic heterocycles. The Morgan fingerprint density at radius 1 is 1.44 bits per heavy atom. The van der Waals surface area contributed by atoms with E-state index >= 15 is 0 Å². The number of β-amino-alcohol motifs (C(OH)–C–C–N with tert-alkyl or cyclic N) is 1. The summed E-state index contributed by atoms with van der Waals surface area (Å²) in [6.45, 7) is 8.87. The second kappa shape index (κ2) is 4.09. The second-order valence-corrected chi connectivity index (χ2v) is 6.27. The Balaban J connectivity index is 2.39. The van der Waals surface area contributed by atoms with Crippen molar-refractivity contribution in [2.24, 2.45) is 0 Å². The Labute approximate surface area is 107 Å². The zero-order chi connectivity index (χ0) is 13.6. The van der Waals surface area contributed by atoms with Gasteiger partial charge in [0.05, 0.1) is 5.60 Å². The Bertz CT molecular complexity index is 500. The molecule has 2 heterocycles. The molecule has 100 valence electrons. The van der Waals surface area contributed by atoms with Crippen LogP contribution < -0.4 is 10.5 Å². The second-order valence-electron chi connectivity index (χ2n) is 6.27. The van der Waals surface area contributed by atoms with Crippen molar-refractivity contribution in [2.75, 3.05) is 18.0 Å². The van der Waals surface area contributed by atoms with Gasteiger partial charge in [-0.2, -0.15) is 0 Å². The van der Waals surface area contributed by atoms with Gasteiger partial charge in [0, 0.05) is 31.0 Å². The summed E-state index contributed by atoms with van der Waals surface area (Å²) in [5.74, 6) is 0.435. The van der Waals surface area contributed by atoms with E-state index in [1.807, 2.05) is 25.7 Å². The molecule has 1 fully saturated rings. The number of rotatable bonds is 1. The van der Waals surface area contributed by atoms with Gasteiger partial charge < -0.3 is 14.6 Å². The zero-order valence-electron chi connectivity index (χ0n) is 11.5. The predicted molar refractivity (Wildman–Crippen MR) is 70.9 cm³/mol. The maximum absolute atomic E-state index is 12.4. The molecular formula is C13H21N3O2. The molecule has 1 saturated heterocycles. The SMILES string of the molecule is CC1(O)CCN(c2nccn(C(C)(C)C)c2=O)C1. The van der Waals surface area contributed by atoms with Gasteiger partial charge in [-0.25, -0.2) is 4.98 Å². The lowest BCUT2D eigenvalue weighted by molar-refractivity contribution is 0.0839. The monoisotopic (exact) mass is 251 g/mol. The van der Waals surface area contributed by atoms with Crippen molar-refractivity contribution in [3.05, 3.63) is 22.7 Å². The molecular weight excluding hydrogens is 230 g/mol. The number of hydrogen-bond acceptors (Lipinski definition) is 4. The van der Waals surface area contributed by atoms with E-state index in [2.05, 4.69) is 4.98 Å². The summed E-state index contributed by atoms with van der Waals surface area (Å²) in [5.41, 5.74) is -1.09. The van der Waals surface area contributed by atoms with Crippen LogP contribution in [-0.4, -0.2) is 33.3 Å². The van der Waals surface area contributed by atoms with E-state index in [4.69, 9.17) is 0 Å². The highest BCUT2D eigenvalue weighted by Crippen LogP contribution is 2.23. The Morgan fingerprint density at radius 2 is 2.11 bits per heavy atom. The molecule has 5 nitrogen and oxygen atoms in total. The average Bonchev–Trinajstić information content (AvgIpc) is 2.57. The number of nitrogens with zero attached hydrogens (tertiary/aromatic N) is 3. The first-order valence-corrected chi connectivity index (χ1v) is 6.26. The van der Waals surface area contributed by atoms with Crippen molar-refractivity contribution in [3.63, 3.8) is 0 Å². The Kier molecular flexibility index (Phi) is 2.97. The fourth-order valence-corrected chi connectivity index (χ4v) is 2.27. The molecule has 0 bridgehead atoms. The minimum absolute atomic E-state index is 0.0947. The largest absolute Gasteiger partial charge is 0.388 e. The van der Waals surface area contributed by atoms with E-state index < -0.39 is 5.60 Å². The van der Waals surface area contributed by atoms with Crippen LogP contribution in [0, 0.1) is 0 Å². The first-order valence-electron chi connectivity index (χ1n) is 6.26. The van der Waals surface area contributed by atoms with E-state index in [-0.39, 0.29) is 11.1 Å². The van der Waals surface area contributed by atoms with Crippen LogP contribution in [0.1, 0.15) is 34.1 Å².